The lowest BCUT2D eigenvalue weighted by molar-refractivity contribution is 0.0528. The van der Waals surface area contributed by atoms with Crippen molar-refractivity contribution in [3.05, 3.63) is 27.7 Å². The second-order valence-corrected chi connectivity index (χ2v) is 3.33. The average Bonchev–Trinajstić information content (AvgIpc) is 2.13. The van der Waals surface area contributed by atoms with Crippen molar-refractivity contribution in [2.24, 2.45) is 0 Å². The molecule has 1 aromatic carbocycles. The number of ether oxygens (including phenoxy) is 1. The fourth-order valence-corrected chi connectivity index (χ4v) is 1.38. The lowest BCUT2D eigenvalue weighted by Crippen LogP contribution is -2.08. The molecule has 0 heterocycles. The Morgan fingerprint density at radius 2 is 2.14 bits per heavy atom. The smallest absolute Gasteiger partial charge is 0.341 e. The van der Waals surface area contributed by atoms with Crippen LogP contribution in [0.2, 0.25) is 10.0 Å². The molecule has 0 fully saturated rings. The zero-order valence-electron chi connectivity index (χ0n) is 7.51. The topological polar surface area (TPSA) is 52.3 Å². The molecule has 0 aliphatic heterocycles. The molecule has 0 aliphatic carbocycles. The summed E-state index contributed by atoms with van der Waals surface area (Å²) in [5.41, 5.74) is 5.97. The number of carbonyl (C=O) groups excluding carboxylic acids is 1. The molecule has 0 aliphatic rings. The molecule has 0 spiro atoms. The monoisotopic (exact) mass is 233 g/mol. The zero-order chi connectivity index (χ0) is 10.7. The number of anilines is 1. The van der Waals surface area contributed by atoms with Gasteiger partial charge in [0.2, 0.25) is 0 Å². The molecule has 0 amide bonds. The van der Waals surface area contributed by atoms with Crippen LogP contribution < -0.4 is 5.73 Å². The molecule has 0 saturated heterocycles. The molecule has 1 aromatic rings. The van der Waals surface area contributed by atoms with Crippen molar-refractivity contribution in [3.8, 4) is 0 Å². The number of benzene rings is 1. The molecule has 0 aromatic heterocycles. The van der Waals surface area contributed by atoms with E-state index in [1.165, 1.54) is 12.1 Å². The molecular formula is C9H9Cl2NO2. The SMILES string of the molecule is CCOC(=O)c1c(N)ccc(Cl)c1Cl. The molecule has 0 bridgehead atoms. The van der Waals surface area contributed by atoms with Crippen LogP contribution in [0.5, 0.6) is 0 Å². The Kier molecular flexibility index (Phi) is 3.61. The summed E-state index contributed by atoms with van der Waals surface area (Å²) in [4.78, 5) is 11.4. The van der Waals surface area contributed by atoms with Gasteiger partial charge in [0.1, 0.15) is 5.56 Å². The van der Waals surface area contributed by atoms with Crippen LogP contribution >= 0.6 is 23.2 Å². The van der Waals surface area contributed by atoms with Crippen molar-refractivity contribution >= 4 is 34.9 Å². The quantitative estimate of drug-likeness (QED) is 0.632. The summed E-state index contributed by atoms with van der Waals surface area (Å²) in [6, 6.07) is 3.04. The Morgan fingerprint density at radius 3 is 2.71 bits per heavy atom. The van der Waals surface area contributed by atoms with Crippen LogP contribution in [-0.2, 0) is 4.74 Å². The highest BCUT2D eigenvalue weighted by Crippen LogP contribution is 2.30. The Hall–Kier alpha value is -0.930. The maximum absolute atomic E-state index is 11.4. The molecule has 76 valence electrons. The van der Waals surface area contributed by atoms with Gasteiger partial charge in [0, 0.05) is 5.69 Å². The van der Waals surface area contributed by atoms with Crippen LogP contribution in [0.25, 0.3) is 0 Å². The minimum Gasteiger partial charge on any atom is -0.462 e. The Bertz CT molecular complexity index is 366. The highest BCUT2D eigenvalue weighted by atomic mass is 35.5. The third-order valence-corrected chi connectivity index (χ3v) is 2.41. The maximum Gasteiger partial charge on any atom is 0.341 e. The van der Waals surface area contributed by atoms with Gasteiger partial charge in [0.25, 0.3) is 0 Å². The van der Waals surface area contributed by atoms with E-state index in [-0.39, 0.29) is 27.9 Å². The Labute approximate surface area is 91.7 Å². The van der Waals surface area contributed by atoms with Gasteiger partial charge in [-0.2, -0.15) is 0 Å². The highest BCUT2D eigenvalue weighted by molar-refractivity contribution is 6.44. The van der Waals surface area contributed by atoms with Gasteiger partial charge in [0.15, 0.2) is 0 Å². The highest BCUT2D eigenvalue weighted by Gasteiger charge is 2.17. The van der Waals surface area contributed by atoms with Gasteiger partial charge in [0.05, 0.1) is 16.7 Å². The summed E-state index contributed by atoms with van der Waals surface area (Å²) >= 11 is 11.6. The first-order valence-corrected chi connectivity index (χ1v) is 4.74. The molecule has 14 heavy (non-hydrogen) atoms. The summed E-state index contributed by atoms with van der Waals surface area (Å²) in [5.74, 6) is -0.558. The van der Waals surface area contributed by atoms with Crippen LogP contribution in [0.15, 0.2) is 12.1 Å². The second kappa shape index (κ2) is 4.53. The summed E-state index contributed by atoms with van der Waals surface area (Å²) in [7, 11) is 0. The first-order valence-electron chi connectivity index (χ1n) is 3.98. The zero-order valence-corrected chi connectivity index (χ0v) is 9.02. The van der Waals surface area contributed by atoms with E-state index in [4.69, 9.17) is 33.7 Å². The molecule has 0 atom stereocenters. The van der Waals surface area contributed by atoms with E-state index in [9.17, 15) is 4.79 Å². The third kappa shape index (κ3) is 2.11. The summed E-state index contributed by atoms with van der Waals surface area (Å²) in [6.07, 6.45) is 0. The van der Waals surface area contributed by atoms with E-state index in [0.717, 1.165) is 0 Å². The van der Waals surface area contributed by atoms with Gasteiger partial charge >= 0.3 is 5.97 Å². The minimum atomic E-state index is -0.558. The fourth-order valence-electron chi connectivity index (χ4n) is 0.976. The molecular weight excluding hydrogens is 225 g/mol. The Balaban J connectivity index is 3.18. The predicted octanol–water partition coefficient (Wildman–Crippen LogP) is 2.75. The van der Waals surface area contributed by atoms with Gasteiger partial charge in [-0.05, 0) is 19.1 Å². The molecule has 0 radical (unpaired) electrons. The minimum absolute atomic E-state index is 0.126. The Morgan fingerprint density at radius 1 is 1.50 bits per heavy atom. The lowest BCUT2D eigenvalue weighted by Gasteiger charge is -2.07. The fraction of sp³-hybridized carbons (Fsp3) is 0.222. The van der Waals surface area contributed by atoms with Gasteiger partial charge in [-0.1, -0.05) is 23.2 Å². The number of esters is 1. The number of carbonyl (C=O) groups is 1. The second-order valence-electron chi connectivity index (χ2n) is 2.55. The number of nitrogens with two attached hydrogens (primary N) is 1. The van der Waals surface area contributed by atoms with Crippen LogP contribution in [0, 0.1) is 0 Å². The van der Waals surface area contributed by atoms with E-state index in [2.05, 4.69) is 0 Å². The van der Waals surface area contributed by atoms with Gasteiger partial charge in [-0.25, -0.2) is 4.79 Å². The van der Waals surface area contributed by atoms with Crippen LogP contribution in [0.1, 0.15) is 17.3 Å². The number of halogens is 2. The van der Waals surface area contributed by atoms with E-state index in [1.54, 1.807) is 6.92 Å². The van der Waals surface area contributed by atoms with Crippen LogP contribution in [0.3, 0.4) is 0 Å². The molecule has 3 nitrogen and oxygen atoms in total. The normalized spacial score (nSPS) is 9.93. The van der Waals surface area contributed by atoms with Crippen molar-refractivity contribution < 1.29 is 9.53 Å². The maximum atomic E-state index is 11.4. The van der Waals surface area contributed by atoms with Crippen LogP contribution in [0.4, 0.5) is 5.69 Å². The molecule has 0 saturated carbocycles. The van der Waals surface area contributed by atoms with Crippen molar-refractivity contribution in [1.29, 1.82) is 0 Å². The summed E-state index contributed by atoms with van der Waals surface area (Å²) in [5, 5.41) is 0.411. The van der Waals surface area contributed by atoms with Crippen molar-refractivity contribution in [2.75, 3.05) is 12.3 Å². The summed E-state index contributed by atoms with van der Waals surface area (Å²) in [6.45, 7) is 1.97. The number of nitrogen functional groups attached to an aromatic ring is 1. The molecule has 1 rings (SSSR count). The van der Waals surface area contributed by atoms with Crippen molar-refractivity contribution in [2.45, 2.75) is 6.92 Å². The van der Waals surface area contributed by atoms with E-state index >= 15 is 0 Å². The first-order chi connectivity index (χ1) is 6.57. The molecule has 5 heteroatoms. The predicted molar refractivity (Wildman–Crippen MR) is 56.8 cm³/mol. The standard InChI is InChI=1S/C9H9Cl2NO2/c1-2-14-9(13)7-6(12)4-3-5(10)8(7)11/h3-4H,2,12H2,1H3. The van der Waals surface area contributed by atoms with Gasteiger partial charge < -0.3 is 10.5 Å². The number of hydrogen-bond donors (Lipinski definition) is 1. The van der Waals surface area contributed by atoms with Crippen molar-refractivity contribution in [3.63, 3.8) is 0 Å². The van der Waals surface area contributed by atoms with E-state index in [0.29, 0.717) is 0 Å². The number of hydrogen-bond acceptors (Lipinski definition) is 3. The van der Waals surface area contributed by atoms with Crippen LogP contribution in [-0.4, -0.2) is 12.6 Å². The van der Waals surface area contributed by atoms with Crippen molar-refractivity contribution in [1.82, 2.24) is 0 Å². The average molecular weight is 234 g/mol. The van der Waals surface area contributed by atoms with E-state index < -0.39 is 5.97 Å². The lowest BCUT2D eigenvalue weighted by atomic mass is 10.2. The van der Waals surface area contributed by atoms with Gasteiger partial charge in [-0.15, -0.1) is 0 Å². The summed E-state index contributed by atoms with van der Waals surface area (Å²) < 4.78 is 4.78. The number of rotatable bonds is 2. The largest absolute Gasteiger partial charge is 0.462 e. The van der Waals surface area contributed by atoms with E-state index in [1.807, 2.05) is 0 Å². The molecule has 0 unspecified atom stereocenters. The van der Waals surface area contributed by atoms with Gasteiger partial charge in [-0.3, -0.25) is 0 Å². The third-order valence-electron chi connectivity index (χ3n) is 1.61. The molecule has 2 N–H and O–H groups in total. The first kappa shape index (κ1) is 11.1.